The molecule has 0 aromatic heterocycles. The van der Waals surface area contributed by atoms with E-state index in [4.69, 9.17) is 0 Å². The predicted molar refractivity (Wildman–Crippen MR) is 110 cm³/mol. The summed E-state index contributed by atoms with van der Waals surface area (Å²) in [4.78, 5) is 0. The Morgan fingerprint density at radius 1 is 0.769 bits per heavy atom. The van der Waals surface area contributed by atoms with Crippen LogP contribution in [0.1, 0.15) is 30.4 Å². The van der Waals surface area contributed by atoms with Crippen LogP contribution in [0.2, 0.25) is 0 Å². The lowest BCUT2D eigenvalue weighted by molar-refractivity contribution is 0.784. The molecule has 0 heterocycles. The van der Waals surface area contributed by atoms with Gasteiger partial charge in [0, 0.05) is 5.92 Å². The first-order chi connectivity index (χ1) is 12.9. The third kappa shape index (κ3) is 2.45. The third-order valence-corrected chi connectivity index (χ3v) is 5.71. The Labute approximate surface area is 155 Å². The fourth-order valence-corrected chi connectivity index (χ4v) is 4.62. The molecule has 2 aromatic carbocycles. The van der Waals surface area contributed by atoms with E-state index in [1.165, 1.54) is 27.8 Å². The van der Waals surface area contributed by atoms with Gasteiger partial charge in [0.2, 0.25) is 0 Å². The van der Waals surface area contributed by atoms with Crippen molar-refractivity contribution in [1.29, 1.82) is 0 Å². The maximum Gasteiger partial charge on any atom is 0.0139 e. The summed E-state index contributed by atoms with van der Waals surface area (Å²) in [6, 6.07) is 21.9. The van der Waals surface area contributed by atoms with Crippen molar-refractivity contribution in [2.24, 2.45) is 5.92 Å². The van der Waals surface area contributed by atoms with Crippen LogP contribution in [-0.4, -0.2) is 0 Å². The molecule has 0 saturated heterocycles. The minimum Gasteiger partial charge on any atom is -0.0836 e. The zero-order valence-electron chi connectivity index (χ0n) is 14.9. The molecule has 126 valence electrons. The van der Waals surface area contributed by atoms with Crippen LogP contribution in [0.3, 0.4) is 0 Å². The lowest BCUT2D eigenvalue weighted by Gasteiger charge is -2.37. The number of hydrogen-bond acceptors (Lipinski definition) is 0. The number of fused-ring (bicyclic) bond motifs is 2. The summed E-state index contributed by atoms with van der Waals surface area (Å²) < 4.78 is 0. The van der Waals surface area contributed by atoms with Crippen LogP contribution in [0.25, 0.3) is 11.1 Å². The first-order valence-corrected chi connectivity index (χ1v) is 9.55. The molecule has 0 saturated carbocycles. The molecule has 0 radical (unpaired) electrons. The highest BCUT2D eigenvalue weighted by atomic mass is 14.4. The lowest BCUT2D eigenvalue weighted by Crippen LogP contribution is -2.19. The van der Waals surface area contributed by atoms with E-state index in [0.29, 0.717) is 5.92 Å². The van der Waals surface area contributed by atoms with Gasteiger partial charge in [-0.2, -0.15) is 0 Å². The van der Waals surface area contributed by atoms with E-state index in [2.05, 4.69) is 91.0 Å². The van der Waals surface area contributed by atoms with Crippen LogP contribution in [0.4, 0.5) is 0 Å². The molecule has 3 aliphatic carbocycles. The molecule has 1 unspecified atom stereocenters. The molecule has 5 rings (SSSR count). The van der Waals surface area contributed by atoms with Crippen LogP contribution >= 0.6 is 0 Å². The molecule has 1 atom stereocenters. The largest absolute Gasteiger partial charge is 0.0836 e. The van der Waals surface area contributed by atoms with Gasteiger partial charge in [-0.3, -0.25) is 0 Å². The Kier molecular flexibility index (Phi) is 3.83. The third-order valence-electron chi connectivity index (χ3n) is 5.71. The molecule has 0 bridgehead atoms. The highest BCUT2D eigenvalue weighted by Crippen LogP contribution is 2.51. The number of benzene rings is 2. The van der Waals surface area contributed by atoms with E-state index in [1.807, 2.05) is 0 Å². The Balaban J connectivity index is 1.83. The van der Waals surface area contributed by atoms with Crippen LogP contribution in [0, 0.1) is 5.92 Å². The Hall–Kier alpha value is -2.86. The fourth-order valence-electron chi connectivity index (χ4n) is 4.62. The van der Waals surface area contributed by atoms with Crippen molar-refractivity contribution in [2.45, 2.75) is 19.3 Å². The van der Waals surface area contributed by atoms with Crippen LogP contribution in [0.15, 0.2) is 108 Å². The fraction of sp³-hybridized carbons (Fsp3) is 0.154. The quantitative estimate of drug-likeness (QED) is 0.569. The first-order valence-electron chi connectivity index (χ1n) is 9.55. The van der Waals surface area contributed by atoms with Gasteiger partial charge < -0.3 is 0 Å². The van der Waals surface area contributed by atoms with Crippen molar-refractivity contribution in [3.63, 3.8) is 0 Å². The molecule has 0 heteroatoms. The van der Waals surface area contributed by atoms with Gasteiger partial charge in [-0.1, -0.05) is 91.0 Å². The van der Waals surface area contributed by atoms with Crippen LogP contribution in [0.5, 0.6) is 0 Å². The van der Waals surface area contributed by atoms with Crippen molar-refractivity contribution in [1.82, 2.24) is 0 Å². The van der Waals surface area contributed by atoms with Crippen molar-refractivity contribution < 1.29 is 0 Å². The number of rotatable bonds is 2. The molecule has 26 heavy (non-hydrogen) atoms. The van der Waals surface area contributed by atoms with Gasteiger partial charge in [0.1, 0.15) is 0 Å². The Bertz CT molecular complexity index is 979. The summed E-state index contributed by atoms with van der Waals surface area (Å²) in [6.45, 7) is 0. The average Bonchev–Trinajstić information content (AvgIpc) is 2.73. The van der Waals surface area contributed by atoms with Gasteiger partial charge in [0.15, 0.2) is 0 Å². The highest BCUT2D eigenvalue weighted by Gasteiger charge is 2.34. The Morgan fingerprint density at radius 2 is 1.50 bits per heavy atom. The summed E-state index contributed by atoms with van der Waals surface area (Å²) in [5, 5.41) is 0. The molecule has 2 aromatic rings. The molecule has 0 aliphatic heterocycles. The topological polar surface area (TPSA) is 0 Å². The molecule has 0 N–H and O–H groups in total. The van der Waals surface area contributed by atoms with Gasteiger partial charge in [-0.05, 0) is 58.3 Å². The van der Waals surface area contributed by atoms with Crippen molar-refractivity contribution in [3.8, 4) is 0 Å². The Morgan fingerprint density at radius 3 is 2.27 bits per heavy atom. The van der Waals surface area contributed by atoms with Crippen molar-refractivity contribution in [3.05, 3.63) is 119 Å². The monoisotopic (exact) mass is 334 g/mol. The molecule has 0 amide bonds. The van der Waals surface area contributed by atoms with E-state index in [1.54, 1.807) is 11.1 Å². The maximum absolute atomic E-state index is 2.36. The van der Waals surface area contributed by atoms with E-state index in [-0.39, 0.29) is 0 Å². The van der Waals surface area contributed by atoms with Crippen molar-refractivity contribution in [2.75, 3.05) is 0 Å². The molecule has 0 nitrogen and oxygen atoms in total. The van der Waals surface area contributed by atoms with Gasteiger partial charge in [0.05, 0.1) is 0 Å². The second kappa shape index (κ2) is 6.46. The zero-order chi connectivity index (χ0) is 17.3. The van der Waals surface area contributed by atoms with Crippen LogP contribution in [-0.2, 0) is 0 Å². The minimum atomic E-state index is 0.461. The summed E-state index contributed by atoms with van der Waals surface area (Å²) in [5.74, 6) is 0.461. The number of allylic oxidation sites excluding steroid dienone is 10. The van der Waals surface area contributed by atoms with Gasteiger partial charge in [-0.25, -0.2) is 0 Å². The predicted octanol–water partition coefficient (Wildman–Crippen LogP) is 6.76. The summed E-state index contributed by atoms with van der Waals surface area (Å²) >= 11 is 0. The molecular weight excluding hydrogens is 312 g/mol. The van der Waals surface area contributed by atoms with Gasteiger partial charge in [0.25, 0.3) is 0 Å². The SMILES string of the molecule is C1=CCC2C(=C1)C(c1ccccc1)=C1C=CCCC1=C2c1ccccc1. The second-order valence-electron chi connectivity index (χ2n) is 7.19. The standard InChI is InChI=1S/C26H22/c1-3-11-19(12-4-1)25-21-15-7-9-17-23(21)26(20-13-5-2-6-14-20)24-18-10-8-16-22(24)25/h1-9,11-16,23H,10,17-18H2. The average molecular weight is 334 g/mol. The molecular formula is C26H22. The summed E-state index contributed by atoms with van der Waals surface area (Å²) in [5.41, 5.74) is 10.2. The molecule has 3 aliphatic rings. The van der Waals surface area contributed by atoms with Gasteiger partial charge in [-0.15, -0.1) is 0 Å². The van der Waals surface area contributed by atoms with E-state index < -0.39 is 0 Å². The smallest absolute Gasteiger partial charge is 0.0139 e. The van der Waals surface area contributed by atoms with E-state index >= 15 is 0 Å². The summed E-state index contributed by atoms with van der Waals surface area (Å²) in [7, 11) is 0. The van der Waals surface area contributed by atoms with E-state index in [9.17, 15) is 0 Å². The lowest BCUT2D eigenvalue weighted by atomic mass is 9.67. The molecule has 0 fully saturated rings. The minimum absolute atomic E-state index is 0.461. The normalized spacial score (nSPS) is 21.4. The van der Waals surface area contributed by atoms with E-state index in [0.717, 1.165) is 19.3 Å². The number of hydrogen-bond donors (Lipinski definition) is 0. The maximum atomic E-state index is 2.36. The summed E-state index contributed by atoms with van der Waals surface area (Å²) in [6.07, 6.45) is 15.0. The second-order valence-corrected chi connectivity index (χ2v) is 7.19. The van der Waals surface area contributed by atoms with Crippen LogP contribution < -0.4 is 0 Å². The van der Waals surface area contributed by atoms with Gasteiger partial charge >= 0.3 is 0 Å². The zero-order valence-corrected chi connectivity index (χ0v) is 14.9. The van der Waals surface area contributed by atoms with Crippen molar-refractivity contribution >= 4 is 11.1 Å². The first kappa shape index (κ1) is 15.4. The molecule has 0 spiro atoms. The highest BCUT2D eigenvalue weighted by molar-refractivity contribution is 5.97.